The lowest BCUT2D eigenvalue weighted by Crippen LogP contribution is -2.24. The standard InChI is InChI=1S/C12H19N3O3S.ClH/c1-9(13)7-12(16)14-10-5-4-6-11(8-10)19(17,18)15(2)3;/h4-6,8-9H,7,13H2,1-3H3,(H,14,16);1H. The van der Waals surface area contributed by atoms with E-state index in [1.807, 2.05) is 0 Å². The molecule has 1 aromatic carbocycles. The van der Waals surface area contributed by atoms with Crippen molar-refractivity contribution in [1.82, 2.24) is 4.31 Å². The fourth-order valence-electron chi connectivity index (χ4n) is 1.45. The summed E-state index contributed by atoms with van der Waals surface area (Å²) in [6.45, 7) is 1.73. The molecule has 114 valence electrons. The monoisotopic (exact) mass is 321 g/mol. The number of nitrogens with two attached hydrogens (primary N) is 1. The Morgan fingerprint density at radius 2 is 2.00 bits per heavy atom. The molecule has 0 saturated heterocycles. The average molecular weight is 322 g/mol. The number of nitrogens with one attached hydrogen (secondary N) is 1. The van der Waals surface area contributed by atoms with Gasteiger partial charge in [0, 0.05) is 32.2 Å². The lowest BCUT2D eigenvalue weighted by atomic mass is 10.2. The molecule has 3 N–H and O–H groups in total. The van der Waals surface area contributed by atoms with E-state index in [-0.39, 0.29) is 35.7 Å². The highest BCUT2D eigenvalue weighted by molar-refractivity contribution is 7.89. The molecule has 0 aromatic heterocycles. The highest BCUT2D eigenvalue weighted by Gasteiger charge is 2.17. The molecule has 0 bridgehead atoms. The van der Waals surface area contributed by atoms with Crippen molar-refractivity contribution in [2.75, 3.05) is 19.4 Å². The van der Waals surface area contributed by atoms with Gasteiger partial charge in [0.15, 0.2) is 0 Å². The smallest absolute Gasteiger partial charge is 0.242 e. The Bertz CT molecular complexity index is 559. The van der Waals surface area contributed by atoms with Crippen molar-refractivity contribution in [3.05, 3.63) is 24.3 Å². The Balaban J connectivity index is 0.00000361. The number of sulfonamides is 1. The molecule has 0 fully saturated rings. The predicted molar refractivity (Wildman–Crippen MR) is 81.5 cm³/mol. The second kappa shape index (κ2) is 7.58. The van der Waals surface area contributed by atoms with E-state index in [1.54, 1.807) is 19.1 Å². The summed E-state index contributed by atoms with van der Waals surface area (Å²) in [7, 11) is -0.591. The van der Waals surface area contributed by atoms with Crippen LogP contribution in [0.5, 0.6) is 0 Å². The van der Waals surface area contributed by atoms with Crippen molar-refractivity contribution in [3.63, 3.8) is 0 Å². The maximum Gasteiger partial charge on any atom is 0.242 e. The minimum atomic E-state index is -3.50. The highest BCUT2D eigenvalue weighted by atomic mass is 35.5. The van der Waals surface area contributed by atoms with Crippen molar-refractivity contribution in [2.24, 2.45) is 5.73 Å². The van der Waals surface area contributed by atoms with Gasteiger partial charge in [0.1, 0.15) is 0 Å². The third kappa shape index (κ3) is 5.09. The van der Waals surface area contributed by atoms with E-state index in [9.17, 15) is 13.2 Å². The number of carbonyl (C=O) groups excluding carboxylic acids is 1. The largest absolute Gasteiger partial charge is 0.327 e. The Labute approximate surface area is 125 Å². The van der Waals surface area contributed by atoms with E-state index in [4.69, 9.17) is 5.73 Å². The number of benzene rings is 1. The van der Waals surface area contributed by atoms with E-state index >= 15 is 0 Å². The van der Waals surface area contributed by atoms with Crippen molar-refractivity contribution in [1.29, 1.82) is 0 Å². The van der Waals surface area contributed by atoms with Crippen LogP contribution in [0.25, 0.3) is 0 Å². The molecule has 0 aliphatic heterocycles. The number of anilines is 1. The first-order valence-electron chi connectivity index (χ1n) is 5.81. The van der Waals surface area contributed by atoms with Gasteiger partial charge in [-0.1, -0.05) is 6.07 Å². The zero-order chi connectivity index (χ0) is 14.6. The second-order valence-electron chi connectivity index (χ2n) is 4.54. The van der Waals surface area contributed by atoms with Crippen LogP contribution in [0.1, 0.15) is 13.3 Å². The molecule has 0 saturated carbocycles. The Morgan fingerprint density at radius 1 is 1.40 bits per heavy atom. The van der Waals surface area contributed by atoms with Gasteiger partial charge in [0.25, 0.3) is 0 Å². The first kappa shape index (κ1) is 18.9. The van der Waals surface area contributed by atoms with Crippen molar-refractivity contribution in [2.45, 2.75) is 24.3 Å². The van der Waals surface area contributed by atoms with Crippen LogP contribution in [0.3, 0.4) is 0 Å². The van der Waals surface area contributed by atoms with Gasteiger partial charge in [-0.15, -0.1) is 12.4 Å². The van der Waals surface area contributed by atoms with Crippen LogP contribution in [-0.4, -0.2) is 38.8 Å². The third-order valence-electron chi connectivity index (χ3n) is 2.40. The van der Waals surface area contributed by atoms with Gasteiger partial charge >= 0.3 is 0 Å². The predicted octanol–water partition coefficient (Wildman–Crippen LogP) is 1.03. The summed E-state index contributed by atoms with van der Waals surface area (Å²) in [5.41, 5.74) is 5.96. The summed E-state index contributed by atoms with van der Waals surface area (Å²) in [6, 6.07) is 5.88. The molecule has 0 spiro atoms. The Kier molecular flexibility index (Phi) is 7.15. The minimum absolute atomic E-state index is 0. The van der Waals surface area contributed by atoms with Gasteiger partial charge in [-0.05, 0) is 25.1 Å². The molecule has 1 amide bonds. The summed E-state index contributed by atoms with van der Waals surface area (Å²) in [5, 5.41) is 2.62. The summed E-state index contributed by atoms with van der Waals surface area (Å²) in [5.74, 6) is -0.241. The molecule has 1 atom stereocenters. The first-order valence-corrected chi connectivity index (χ1v) is 7.25. The number of rotatable bonds is 5. The fourth-order valence-corrected chi connectivity index (χ4v) is 2.40. The van der Waals surface area contributed by atoms with Crippen molar-refractivity contribution < 1.29 is 13.2 Å². The van der Waals surface area contributed by atoms with Crippen LogP contribution in [-0.2, 0) is 14.8 Å². The second-order valence-corrected chi connectivity index (χ2v) is 6.70. The fraction of sp³-hybridized carbons (Fsp3) is 0.417. The van der Waals surface area contributed by atoms with Crippen molar-refractivity contribution in [3.8, 4) is 0 Å². The average Bonchev–Trinajstić information content (AvgIpc) is 2.27. The zero-order valence-corrected chi connectivity index (χ0v) is 13.3. The molecule has 6 nitrogen and oxygen atoms in total. The Morgan fingerprint density at radius 3 is 2.50 bits per heavy atom. The summed E-state index contributed by atoms with van der Waals surface area (Å²) < 4.78 is 25.0. The van der Waals surface area contributed by atoms with E-state index in [0.717, 1.165) is 4.31 Å². The Hall–Kier alpha value is -1.15. The van der Waals surface area contributed by atoms with Gasteiger partial charge < -0.3 is 11.1 Å². The summed E-state index contributed by atoms with van der Waals surface area (Å²) >= 11 is 0. The molecule has 1 aromatic rings. The van der Waals surface area contributed by atoms with Gasteiger partial charge in [0.2, 0.25) is 15.9 Å². The van der Waals surface area contributed by atoms with Gasteiger partial charge in [0.05, 0.1) is 4.90 Å². The number of carbonyl (C=O) groups is 1. The number of halogens is 1. The molecule has 8 heteroatoms. The summed E-state index contributed by atoms with van der Waals surface area (Å²) in [6.07, 6.45) is 0.185. The van der Waals surface area contributed by atoms with E-state index in [0.29, 0.717) is 5.69 Å². The molecule has 0 heterocycles. The number of hydrogen-bond acceptors (Lipinski definition) is 4. The highest BCUT2D eigenvalue weighted by Crippen LogP contribution is 2.18. The quantitative estimate of drug-likeness (QED) is 0.847. The van der Waals surface area contributed by atoms with E-state index < -0.39 is 10.0 Å². The molecule has 0 aliphatic carbocycles. The van der Waals surface area contributed by atoms with Crippen molar-refractivity contribution >= 4 is 34.0 Å². The lowest BCUT2D eigenvalue weighted by molar-refractivity contribution is -0.116. The van der Waals surface area contributed by atoms with Crippen LogP contribution in [0.15, 0.2) is 29.2 Å². The third-order valence-corrected chi connectivity index (χ3v) is 4.21. The zero-order valence-electron chi connectivity index (χ0n) is 11.7. The van der Waals surface area contributed by atoms with Crippen LogP contribution in [0.4, 0.5) is 5.69 Å². The molecule has 1 rings (SSSR count). The number of amides is 1. The van der Waals surface area contributed by atoms with E-state index in [2.05, 4.69) is 5.32 Å². The van der Waals surface area contributed by atoms with Crippen LogP contribution in [0, 0.1) is 0 Å². The van der Waals surface area contributed by atoms with Crippen LogP contribution >= 0.6 is 12.4 Å². The van der Waals surface area contributed by atoms with E-state index in [1.165, 1.54) is 26.2 Å². The maximum absolute atomic E-state index is 11.9. The normalized spacial score (nSPS) is 12.7. The first-order chi connectivity index (χ1) is 8.73. The van der Waals surface area contributed by atoms with Gasteiger partial charge in [-0.2, -0.15) is 0 Å². The molecule has 0 aliphatic rings. The molecule has 1 unspecified atom stereocenters. The SMILES string of the molecule is CC(N)CC(=O)Nc1cccc(S(=O)(=O)N(C)C)c1.Cl. The molecule has 20 heavy (non-hydrogen) atoms. The molecular formula is C12H20ClN3O3S. The number of nitrogens with zero attached hydrogens (tertiary/aromatic N) is 1. The van der Waals surface area contributed by atoms with Crippen LogP contribution < -0.4 is 11.1 Å². The summed E-state index contributed by atoms with van der Waals surface area (Å²) in [4.78, 5) is 11.7. The van der Waals surface area contributed by atoms with Gasteiger partial charge in [-0.3, -0.25) is 4.79 Å². The van der Waals surface area contributed by atoms with Gasteiger partial charge in [-0.25, -0.2) is 12.7 Å². The molecular weight excluding hydrogens is 302 g/mol. The lowest BCUT2D eigenvalue weighted by Gasteiger charge is -2.13. The van der Waals surface area contributed by atoms with Crippen LogP contribution in [0.2, 0.25) is 0 Å². The maximum atomic E-state index is 11.9. The number of hydrogen-bond donors (Lipinski definition) is 2. The topological polar surface area (TPSA) is 92.5 Å². The minimum Gasteiger partial charge on any atom is -0.327 e. The molecule has 0 radical (unpaired) electrons.